The number of nitrogens with zero attached hydrogens (tertiary/aromatic N) is 4. The van der Waals surface area contributed by atoms with Crippen molar-refractivity contribution in [2.75, 3.05) is 37.7 Å². The highest BCUT2D eigenvalue weighted by atomic mass is 16.6. The number of nitrogens with one attached hydrogen (secondary N) is 1. The highest BCUT2D eigenvalue weighted by Crippen LogP contribution is 2.44. The van der Waals surface area contributed by atoms with Crippen LogP contribution in [0.25, 0.3) is 11.1 Å². The Kier molecular flexibility index (Phi) is 8.42. The molecule has 3 aromatic rings. The maximum atomic E-state index is 13.1. The van der Waals surface area contributed by atoms with Crippen molar-refractivity contribution in [3.8, 4) is 11.1 Å². The van der Waals surface area contributed by atoms with E-state index in [1.807, 2.05) is 29.2 Å². The van der Waals surface area contributed by atoms with E-state index in [0.717, 1.165) is 22.3 Å². The molecule has 42 heavy (non-hydrogen) atoms. The summed E-state index contributed by atoms with van der Waals surface area (Å²) in [5.41, 5.74) is 4.41. The molecule has 10 nitrogen and oxygen atoms in total. The van der Waals surface area contributed by atoms with Crippen molar-refractivity contribution >= 4 is 23.9 Å². The summed E-state index contributed by atoms with van der Waals surface area (Å²) in [6.07, 6.45) is 2.73. The lowest BCUT2D eigenvalue weighted by Gasteiger charge is -2.34. The van der Waals surface area contributed by atoms with Gasteiger partial charge in [0.05, 0.1) is 0 Å². The van der Waals surface area contributed by atoms with Gasteiger partial charge in [0.25, 0.3) is 0 Å². The molecule has 1 aromatic heterocycles. The fraction of sp³-hybridized carbons (Fsp3) is 0.406. The van der Waals surface area contributed by atoms with Crippen molar-refractivity contribution in [3.05, 3.63) is 77.6 Å². The Hall–Kier alpha value is -4.47. The number of piperazine rings is 1. The third kappa shape index (κ3) is 6.70. The molecule has 1 saturated heterocycles. The number of benzene rings is 2. The Morgan fingerprint density at radius 2 is 1.50 bits per heavy atom. The number of esters is 1. The van der Waals surface area contributed by atoms with Gasteiger partial charge in [-0.05, 0) is 48.6 Å². The standard InChI is InChI=1S/C32H37N5O5/c1-21(38)36-13-15-37(16-14-36)30-33-18-22(19-34-30)17-28(29(39)42-32(2,3)4)35-31(40)41-20-27-25-11-7-5-9-23(25)24-10-6-8-12-26(24)27/h5-12,18-19,27-28H,13-17,20H2,1-4H3,(H,35,40)/t28-/m0/s1. The zero-order valence-corrected chi connectivity index (χ0v) is 24.5. The number of amides is 2. The summed E-state index contributed by atoms with van der Waals surface area (Å²) in [7, 11) is 0. The molecule has 1 atom stereocenters. The van der Waals surface area contributed by atoms with E-state index < -0.39 is 23.7 Å². The summed E-state index contributed by atoms with van der Waals surface area (Å²) in [6, 6.07) is 15.2. The van der Waals surface area contributed by atoms with Gasteiger partial charge in [-0.3, -0.25) is 4.79 Å². The van der Waals surface area contributed by atoms with Gasteiger partial charge in [-0.2, -0.15) is 0 Å². The van der Waals surface area contributed by atoms with Gasteiger partial charge in [0, 0.05) is 57.8 Å². The molecule has 2 aliphatic rings. The zero-order valence-electron chi connectivity index (χ0n) is 24.5. The number of rotatable bonds is 7. The van der Waals surface area contributed by atoms with E-state index in [1.54, 1.807) is 45.0 Å². The van der Waals surface area contributed by atoms with Crippen LogP contribution in [0.2, 0.25) is 0 Å². The van der Waals surface area contributed by atoms with Gasteiger partial charge < -0.3 is 24.6 Å². The summed E-state index contributed by atoms with van der Waals surface area (Å²) < 4.78 is 11.3. The second-order valence-electron chi connectivity index (χ2n) is 11.6. The van der Waals surface area contributed by atoms with Crippen LogP contribution in [0.1, 0.15) is 50.3 Å². The van der Waals surface area contributed by atoms with Gasteiger partial charge in [0.2, 0.25) is 11.9 Å². The summed E-state index contributed by atoms with van der Waals surface area (Å²) >= 11 is 0. The molecule has 0 unspecified atom stereocenters. The SMILES string of the molecule is CC(=O)N1CCN(c2ncc(C[C@H](NC(=O)OCC3c4ccccc4-c4ccccc43)C(=O)OC(C)(C)C)cn2)CC1. The van der Waals surface area contributed by atoms with E-state index in [2.05, 4.69) is 39.6 Å². The van der Waals surface area contributed by atoms with Gasteiger partial charge in [-0.25, -0.2) is 19.6 Å². The minimum Gasteiger partial charge on any atom is -0.458 e. The minimum atomic E-state index is -0.992. The number of hydrogen-bond acceptors (Lipinski definition) is 8. The van der Waals surface area contributed by atoms with Gasteiger partial charge in [0.1, 0.15) is 18.2 Å². The maximum absolute atomic E-state index is 13.1. The number of anilines is 1. The normalized spacial score (nSPS) is 15.4. The predicted molar refractivity (Wildman–Crippen MR) is 158 cm³/mol. The van der Waals surface area contributed by atoms with Gasteiger partial charge in [-0.15, -0.1) is 0 Å². The first-order chi connectivity index (χ1) is 20.1. The molecule has 1 aliphatic heterocycles. The van der Waals surface area contributed by atoms with E-state index in [0.29, 0.717) is 37.7 Å². The smallest absolute Gasteiger partial charge is 0.407 e. The molecule has 220 valence electrons. The lowest BCUT2D eigenvalue weighted by molar-refractivity contribution is -0.157. The largest absolute Gasteiger partial charge is 0.458 e. The fourth-order valence-electron chi connectivity index (χ4n) is 5.42. The average Bonchev–Trinajstić information content (AvgIpc) is 3.29. The highest BCUT2D eigenvalue weighted by Gasteiger charge is 2.31. The molecule has 2 heterocycles. The Morgan fingerprint density at radius 1 is 0.929 bits per heavy atom. The third-order valence-corrected chi connectivity index (χ3v) is 7.47. The quantitative estimate of drug-likeness (QED) is 0.425. The molecular weight excluding hydrogens is 534 g/mol. The lowest BCUT2D eigenvalue weighted by atomic mass is 9.98. The molecule has 10 heteroatoms. The van der Waals surface area contributed by atoms with Crippen LogP contribution in [0, 0.1) is 0 Å². The molecule has 1 fully saturated rings. The first-order valence-corrected chi connectivity index (χ1v) is 14.2. The molecule has 0 bridgehead atoms. The summed E-state index contributed by atoms with van der Waals surface area (Å²) in [5.74, 6) is -0.0508. The van der Waals surface area contributed by atoms with Crippen LogP contribution in [0.15, 0.2) is 60.9 Å². The minimum absolute atomic E-state index is 0.0583. The van der Waals surface area contributed by atoms with E-state index in [9.17, 15) is 14.4 Å². The molecule has 0 spiro atoms. The maximum Gasteiger partial charge on any atom is 0.407 e. The molecular formula is C32H37N5O5. The van der Waals surface area contributed by atoms with Crippen molar-refractivity contribution in [1.82, 2.24) is 20.2 Å². The molecule has 1 aliphatic carbocycles. The number of alkyl carbamates (subject to hydrolysis) is 1. The lowest BCUT2D eigenvalue weighted by Crippen LogP contribution is -2.48. The number of hydrogen-bond donors (Lipinski definition) is 1. The zero-order chi connectivity index (χ0) is 29.9. The first kappa shape index (κ1) is 29.0. The van der Waals surface area contributed by atoms with E-state index in [1.165, 1.54) is 0 Å². The fourth-order valence-corrected chi connectivity index (χ4v) is 5.42. The van der Waals surface area contributed by atoms with Crippen LogP contribution >= 0.6 is 0 Å². The number of aromatic nitrogens is 2. The molecule has 0 radical (unpaired) electrons. The van der Waals surface area contributed by atoms with Crippen molar-refractivity contribution in [2.24, 2.45) is 0 Å². The van der Waals surface area contributed by atoms with E-state index in [-0.39, 0.29) is 24.9 Å². The summed E-state index contributed by atoms with van der Waals surface area (Å²) in [5, 5.41) is 2.71. The highest BCUT2D eigenvalue weighted by molar-refractivity contribution is 5.82. The summed E-state index contributed by atoms with van der Waals surface area (Å²) in [6.45, 7) is 9.55. The van der Waals surface area contributed by atoms with Gasteiger partial charge in [0.15, 0.2) is 0 Å². The Labute approximate surface area is 246 Å². The van der Waals surface area contributed by atoms with Crippen molar-refractivity contribution < 1.29 is 23.9 Å². The van der Waals surface area contributed by atoms with E-state index >= 15 is 0 Å². The van der Waals surface area contributed by atoms with Crippen LogP contribution in [-0.2, 0) is 25.5 Å². The Bertz CT molecular complexity index is 1400. The van der Waals surface area contributed by atoms with Gasteiger partial charge >= 0.3 is 12.1 Å². The predicted octanol–water partition coefficient (Wildman–Crippen LogP) is 3.94. The van der Waals surface area contributed by atoms with Crippen LogP contribution < -0.4 is 10.2 Å². The topological polar surface area (TPSA) is 114 Å². The third-order valence-electron chi connectivity index (χ3n) is 7.47. The monoisotopic (exact) mass is 571 g/mol. The van der Waals surface area contributed by atoms with Crippen molar-refractivity contribution in [3.63, 3.8) is 0 Å². The molecule has 1 N–H and O–H groups in total. The Balaban J connectivity index is 1.24. The second kappa shape index (κ2) is 12.2. The van der Waals surface area contributed by atoms with Crippen molar-refractivity contribution in [1.29, 1.82) is 0 Å². The van der Waals surface area contributed by atoms with Crippen molar-refractivity contribution in [2.45, 2.75) is 51.7 Å². The molecule has 5 rings (SSSR count). The second-order valence-corrected chi connectivity index (χ2v) is 11.6. The number of carbonyl (C=O) groups is 3. The average molecular weight is 572 g/mol. The molecule has 2 aromatic carbocycles. The van der Waals surface area contributed by atoms with Crippen LogP contribution in [0.3, 0.4) is 0 Å². The first-order valence-electron chi connectivity index (χ1n) is 14.2. The number of fused-ring (bicyclic) bond motifs is 3. The van der Waals surface area contributed by atoms with Crippen LogP contribution in [-0.4, -0.2) is 77.3 Å². The Morgan fingerprint density at radius 3 is 2.05 bits per heavy atom. The summed E-state index contributed by atoms with van der Waals surface area (Å²) in [4.78, 5) is 50.5. The molecule has 2 amide bonds. The molecule has 0 saturated carbocycles. The van der Waals surface area contributed by atoms with Crippen LogP contribution in [0.5, 0.6) is 0 Å². The van der Waals surface area contributed by atoms with Gasteiger partial charge in [-0.1, -0.05) is 48.5 Å². The number of carbonyl (C=O) groups excluding carboxylic acids is 3. The number of ether oxygens (including phenoxy) is 2. The van der Waals surface area contributed by atoms with E-state index in [4.69, 9.17) is 9.47 Å². The van der Waals surface area contributed by atoms with Crippen LogP contribution in [0.4, 0.5) is 10.7 Å².